The Morgan fingerprint density at radius 1 is 1.28 bits per heavy atom. The quantitative estimate of drug-likeness (QED) is 0.726. The molecular weight excluding hydrogens is 273 g/mol. The molecule has 1 heterocycles. The zero-order valence-electron chi connectivity index (χ0n) is 9.80. The molecule has 0 spiro atoms. The highest BCUT2D eigenvalue weighted by Crippen LogP contribution is 2.25. The third-order valence-electron chi connectivity index (χ3n) is 3.05. The van der Waals surface area contributed by atoms with Crippen LogP contribution in [0, 0.1) is 0 Å². The standard InChI is InChI=1S/C12H15Cl2N3O/c13-8-2-1-3-9(14)10(8)11(18)17-12(15)4-6-16-7-5-12/h1-3,16H,4-7,15H2,(H,17,18). The summed E-state index contributed by atoms with van der Waals surface area (Å²) in [6.45, 7) is 1.57. The lowest BCUT2D eigenvalue weighted by Crippen LogP contribution is -2.60. The van der Waals surface area contributed by atoms with E-state index in [9.17, 15) is 4.79 Å². The summed E-state index contributed by atoms with van der Waals surface area (Å²) in [6, 6.07) is 4.96. The fourth-order valence-electron chi connectivity index (χ4n) is 2.00. The number of amides is 1. The topological polar surface area (TPSA) is 67.1 Å². The highest BCUT2D eigenvalue weighted by Gasteiger charge is 2.30. The van der Waals surface area contributed by atoms with Gasteiger partial charge in [0.15, 0.2) is 0 Å². The average molecular weight is 288 g/mol. The van der Waals surface area contributed by atoms with Crippen molar-refractivity contribution in [3.63, 3.8) is 0 Å². The molecule has 4 nitrogen and oxygen atoms in total. The number of nitrogens with two attached hydrogens (primary N) is 1. The molecule has 6 heteroatoms. The molecule has 0 unspecified atom stereocenters. The van der Waals surface area contributed by atoms with Crippen molar-refractivity contribution < 1.29 is 4.79 Å². The van der Waals surface area contributed by atoms with Gasteiger partial charge in [0, 0.05) is 0 Å². The van der Waals surface area contributed by atoms with E-state index in [0.29, 0.717) is 22.9 Å². The first-order valence-electron chi connectivity index (χ1n) is 5.78. The summed E-state index contributed by atoms with van der Waals surface area (Å²) in [5.74, 6) is -0.324. The first kappa shape index (κ1) is 13.6. The van der Waals surface area contributed by atoms with E-state index in [1.165, 1.54) is 0 Å². The SMILES string of the molecule is NC1(NC(=O)c2c(Cl)cccc2Cl)CCNCC1. The molecule has 0 bridgehead atoms. The van der Waals surface area contributed by atoms with Gasteiger partial charge in [0.2, 0.25) is 0 Å². The molecular formula is C12H15Cl2N3O. The Morgan fingerprint density at radius 3 is 2.39 bits per heavy atom. The number of piperidine rings is 1. The predicted molar refractivity (Wildman–Crippen MR) is 73.0 cm³/mol. The summed E-state index contributed by atoms with van der Waals surface area (Å²) >= 11 is 12.0. The molecule has 1 amide bonds. The van der Waals surface area contributed by atoms with Gasteiger partial charge < -0.3 is 16.4 Å². The molecule has 2 rings (SSSR count). The van der Waals surface area contributed by atoms with Gasteiger partial charge in [-0.1, -0.05) is 29.3 Å². The number of carbonyl (C=O) groups excluding carboxylic acids is 1. The van der Waals surface area contributed by atoms with Gasteiger partial charge in [-0.15, -0.1) is 0 Å². The van der Waals surface area contributed by atoms with Crippen LogP contribution in [-0.4, -0.2) is 24.7 Å². The number of benzene rings is 1. The summed E-state index contributed by atoms with van der Waals surface area (Å²) in [5, 5.41) is 6.68. The predicted octanol–water partition coefficient (Wildman–Crippen LogP) is 1.76. The second kappa shape index (κ2) is 5.45. The first-order valence-corrected chi connectivity index (χ1v) is 6.53. The van der Waals surface area contributed by atoms with Crippen molar-refractivity contribution in [1.29, 1.82) is 0 Å². The Morgan fingerprint density at radius 2 is 1.83 bits per heavy atom. The monoisotopic (exact) mass is 287 g/mol. The Kier molecular flexibility index (Phi) is 4.12. The second-order valence-electron chi connectivity index (χ2n) is 4.46. The van der Waals surface area contributed by atoms with Crippen LogP contribution in [0.15, 0.2) is 18.2 Å². The van der Waals surface area contributed by atoms with Crippen LogP contribution in [0.25, 0.3) is 0 Å². The fraction of sp³-hybridized carbons (Fsp3) is 0.417. The van der Waals surface area contributed by atoms with Gasteiger partial charge in [0.05, 0.1) is 21.3 Å². The smallest absolute Gasteiger partial charge is 0.255 e. The van der Waals surface area contributed by atoms with Crippen LogP contribution >= 0.6 is 23.2 Å². The van der Waals surface area contributed by atoms with Gasteiger partial charge in [-0.05, 0) is 38.1 Å². The van der Waals surface area contributed by atoms with Crippen LogP contribution in [0.1, 0.15) is 23.2 Å². The lowest BCUT2D eigenvalue weighted by molar-refractivity contribution is 0.0879. The van der Waals surface area contributed by atoms with E-state index in [0.717, 1.165) is 13.1 Å². The van der Waals surface area contributed by atoms with Crippen molar-refractivity contribution in [3.8, 4) is 0 Å². The minimum absolute atomic E-state index is 0.282. The molecule has 1 aromatic rings. The van der Waals surface area contributed by atoms with Crippen LogP contribution in [0.5, 0.6) is 0 Å². The largest absolute Gasteiger partial charge is 0.334 e. The van der Waals surface area contributed by atoms with Crippen molar-refractivity contribution in [2.24, 2.45) is 5.73 Å². The second-order valence-corrected chi connectivity index (χ2v) is 5.27. The zero-order valence-corrected chi connectivity index (χ0v) is 11.3. The molecule has 0 radical (unpaired) electrons. The van der Waals surface area contributed by atoms with E-state index in [2.05, 4.69) is 10.6 Å². The van der Waals surface area contributed by atoms with E-state index in [1.54, 1.807) is 18.2 Å². The highest BCUT2D eigenvalue weighted by molar-refractivity contribution is 6.39. The van der Waals surface area contributed by atoms with Crippen molar-refractivity contribution in [2.75, 3.05) is 13.1 Å². The summed E-state index contributed by atoms with van der Waals surface area (Å²) in [4.78, 5) is 12.2. The summed E-state index contributed by atoms with van der Waals surface area (Å²) in [5.41, 5.74) is 5.73. The molecule has 1 saturated heterocycles. The Balaban J connectivity index is 2.17. The zero-order chi connectivity index (χ0) is 13.2. The third kappa shape index (κ3) is 2.95. The summed E-state index contributed by atoms with van der Waals surface area (Å²) in [6.07, 6.45) is 1.36. The van der Waals surface area contributed by atoms with E-state index >= 15 is 0 Å². The van der Waals surface area contributed by atoms with Crippen LogP contribution in [0.4, 0.5) is 0 Å². The number of carbonyl (C=O) groups is 1. The first-order chi connectivity index (χ1) is 8.52. The molecule has 1 aromatic carbocycles. The average Bonchev–Trinajstić information content (AvgIpc) is 2.28. The number of halogens is 2. The molecule has 0 aromatic heterocycles. The van der Waals surface area contributed by atoms with Gasteiger partial charge in [0.1, 0.15) is 0 Å². The normalized spacial score (nSPS) is 18.4. The van der Waals surface area contributed by atoms with E-state index < -0.39 is 5.66 Å². The highest BCUT2D eigenvalue weighted by atomic mass is 35.5. The molecule has 18 heavy (non-hydrogen) atoms. The molecule has 1 aliphatic heterocycles. The molecule has 0 aliphatic carbocycles. The number of hydrogen-bond donors (Lipinski definition) is 3. The number of nitrogens with one attached hydrogen (secondary N) is 2. The van der Waals surface area contributed by atoms with E-state index in [4.69, 9.17) is 28.9 Å². The van der Waals surface area contributed by atoms with E-state index in [-0.39, 0.29) is 11.5 Å². The fourth-order valence-corrected chi connectivity index (χ4v) is 2.57. The minimum atomic E-state index is -0.690. The van der Waals surface area contributed by atoms with Gasteiger partial charge in [-0.3, -0.25) is 4.79 Å². The van der Waals surface area contributed by atoms with Crippen molar-refractivity contribution in [2.45, 2.75) is 18.5 Å². The molecule has 0 saturated carbocycles. The maximum Gasteiger partial charge on any atom is 0.255 e. The minimum Gasteiger partial charge on any atom is -0.334 e. The van der Waals surface area contributed by atoms with Crippen molar-refractivity contribution in [3.05, 3.63) is 33.8 Å². The van der Waals surface area contributed by atoms with E-state index in [1.807, 2.05) is 0 Å². The molecule has 1 aliphatic rings. The Hall–Kier alpha value is -0.810. The van der Waals surface area contributed by atoms with Gasteiger partial charge in [-0.2, -0.15) is 0 Å². The van der Waals surface area contributed by atoms with Crippen molar-refractivity contribution in [1.82, 2.24) is 10.6 Å². The van der Waals surface area contributed by atoms with Crippen molar-refractivity contribution >= 4 is 29.1 Å². The molecule has 98 valence electrons. The maximum absolute atomic E-state index is 12.2. The third-order valence-corrected chi connectivity index (χ3v) is 3.68. The Bertz CT molecular complexity index is 438. The maximum atomic E-state index is 12.2. The molecule has 4 N–H and O–H groups in total. The van der Waals surface area contributed by atoms with Gasteiger partial charge in [-0.25, -0.2) is 0 Å². The van der Waals surface area contributed by atoms with Crippen LogP contribution < -0.4 is 16.4 Å². The molecule has 0 atom stereocenters. The van der Waals surface area contributed by atoms with Crippen LogP contribution in [-0.2, 0) is 0 Å². The van der Waals surface area contributed by atoms with Gasteiger partial charge >= 0.3 is 0 Å². The van der Waals surface area contributed by atoms with Crippen LogP contribution in [0.3, 0.4) is 0 Å². The lowest BCUT2D eigenvalue weighted by atomic mass is 9.98. The number of rotatable bonds is 2. The summed E-state index contributed by atoms with van der Waals surface area (Å²) in [7, 11) is 0. The lowest BCUT2D eigenvalue weighted by Gasteiger charge is -2.34. The Labute approximate surface area is 116 Å². The number of hydrogen-bond acceptors (Lipinski definition) is 3. The van der Waals surface area contributed by atoms with Gasteiger partial charge in [0.25, 0.3) is 5.91 Å². The molecule has 1 fully saturated rings. The van der Waals surface area contributed by atoms with Crippen LogP contribution in [0.2, 0.25) is 10.0 Å². The summed E-state index contributed by atoms with van der Waals surface area (Å²) < 4.78 is 0.